The second-order valence-corrected chi connectivity index (χ2v) is 4.41. The van der Waals surface area contributed by atoms with Crippen LogP contribution in [0.1, 0.15) is 11.6 Å². The minimum absolute atomic E-state index is 0.138. The van der Waals surface area contributed by atoms with Crippen LogP contribution in [0.3, 0.4) is 0 Å². The van der Waals surface area contributed by atoms with E-state index in [1.165, 1.54) is 0 Å². The standard InChI is InChI=1S/C12H14ClF4NO/c1-18-10(8-2-4-9(13)5-3-8)6-19-7-12(16,17)11(14)15/h2-5,10-11,18H,6-7H2,1H3. The van der Waals surface area contributed by atoms with E-state index < -0.39 is 19.0 Å². The number of benzene rings is 1. The number of hydrogen-bond donors (Lipinski definition) is 1. The molecule has 0 saturated heterocycles. The van der Waals surface area contributed by atoms with Crippen molar-refractivity contribution in [1.29, 1.82) is 0 Å². The fourth-order valence-corrected chi connectivity index (χ4v) is 1.54. The highest BCUT2D eigenvalue weighted by Gasteiger charge is 2.41. The average molecular weight is 300 g/mol. The lowest BCUT2D eigenvalue weighted by Gasteiger charge is -2.20. The highest BCUT2D eigenvalue weighted by atomic mass is 35.5. The second-order valence-electron chi connectivity index (χ2n) is 3.97. The Morgan fingerprint density at radius 3 is 2.32 bits per heavy atom. The Balaban J connectivity index is 2.52. The molecular formula is C12H14ClF4NO. The van der Waals surface area contributed by atoms with Crippen LogP contribution in [0.2, 0.25) is 5.02 Å². The topological polar surface area (TPSA) is 21.3 Å². The van der Waals surface area contributed by atoms with Crippen LogP contribution >= 0.6 is 11.6 Å². The van der Waals surface area contributed by atoms with Gasteiger partial charge in [0.15, 0.2) is 0 Å². The van der Waals surface area contributed by atoms with E-state index in [2.05, 4.69) is 10.1 Å². The molecule has 1 aromatic carbocycles. The summed E-state index contributed by atoms with van der Waals surface area (Å²) < 4.78 is 53.8. The third-order valence-corrected chi connectivity index (χ3v) is 2.77. The molecule has 2 nitrogen and oxygen atoms in total. The maximum absolute atomic E-state index is 12.6. The Labute approximate surface area is 113 Å². The molecular weight excluding hydrogens is 286 g/mol. The first-order chi connectivity index (χ1) is 8.86. The van der Waals surface area contributed by atoms with E-state index in [0.29, 0.717) is 5.02 Å². The van der Waals surface area contributed by atoms with Gasteiger partial charge in [-0.1, -0.05) is 23.7 Å². The number of likely N-dealkylation sites (N-methyl/N-ethyl adjacent to an activating group) is 1. The summed E-state index contributed by atoms with van der Waals surface area (Å²) in [5.74, 6) is -4.13. The van der Waals surface area contributed by atoms with Crippen LogP contribution in [0.5, 0.6) is 0 Å². The van der Waals surface area contributed by atoms with E-state index in [0.717, 1.165) is 5.56 Å². The first-order valence-electron chi connectivity index (χ1n) is 5.53. The highest BCUT2D eigenvalue weighted by Crippen LogP contribution is 2.24. The van der Waals surface area contributed by atoms with Crippen LogP contribution in [0, 0.1) is 0 Å². The number of nitrogens with one attached hydrogen (secondary N) is 1. The Bertz CT molecular complexity index is 386. The molecule has 0 radical (unpaired) electrons. The van der Waals surface area contributed by atoms with Crippen LogP contribution in [0.15, 0.2) is 24.3 Å². The minimum atomic E-state index is -4.13. The van der Waals surface area contributed by atoms with Crippen LogP contribution in [0.25, 0.3) is 0 Å². The monoisotopic (exact) mass is 299 g/mol. The number of hydrogen-bond acceptors (Lipinski definition) is 2. The first kappa shape index (κ1) is 16.2. The van der Waals surface area contributed by atoms with Crippen LogP contribution in [0.4, 0.5) is 17.6 Å². The smallest absolute Gasteiger partial charge is 0.330 e. The molecule has 0 bridgehead atoms. The zero-order valence-electron chi connectivity index (χ0n) is 10.2. The summed E-state index contributed by atoms with van der Waals surface area (Å²) in [6.07, 6.45) is -3.73. The van der Waals surface area contributed by atoms with Gasteiger partial charge in [-0.05, 0) is 24.7 Å². The molecule has 0 aliphatic carbocycles. The summed E-state index contributed by atoms with van der Waals surface area (Å²) in [7, 11) is 1.62. The summed E-state index contributed by atoms with van der Waals surface area (Å²) in [6.45, 7) is -1.45. The predicted molar refractivity (Wildman–Crippen MR) is 65.0 cm³/mol. The van der Waals surface area contributed by atoms with E-state index in [1.54, 1.807) is 31.3 Å². The molecule has 108 valence electrons. The number of rotatable bonds is 7. The van der Waals surface area contributed by atoms with Crippen molar-refractivity contribution in [2.45, 2.75) is 18.4 Å². The molecule has 1 N–H and O–H groups in total. The fourth-order valence-electron chi connectivity index (χ4n) is 1.42. The summed E-state index contributed by atoms with van der Waals surface area (Å²) in [5.41, 5.74) is 0.771. The van der Waals surface area contributed by atoms with E-state index >= 15 is 0 Å². The molecule has 1 rings (SSSR count). The van der Waals surface area contributed by atoms with Gasteiger partial charge >= 0.3 is 12.3 Å². The summed E-state index contributed by atoms with van der Waals surface area (Å²) in [4.78, 5) is 0. The summed E-state index contributed by atoms with van der Waals surface area (Å²) in [5, 5.41) is 3.40. The van der Waals surface area contributed by atoms with Crippen molar-refractivity contribution in [2.75, 3.05) is 20.3 Å². The van der Waals surface area contributed by atoms with Gasteiger partial charge < -0.3 is 10.1 Å². The summed E-state index contributed by atoms with van der Waals surface area (Å²) >= 11 is 5.72. The molecule has 0 aliphatic heterocycles. The molecule has 1 atom stereocenters. The number of alkyl halides is 4. The lowest BCUT2D eigenvalue weighted by molar-refractivity contribution is -0.167. The molecule has 0 aliphatic rings. The molecule has 0 spiro atoms. The number of halogens is 5. The van der Waals surface area contributed by atoms with E-state index in [1.807, 2.05) is 0 Å². The van der Waals surface area contributed by atoms with E-state index in [4.69, 9.17) is 11.6 Å². The average Bonchev–Trinajstić information content (AvgIpc) is 2.36. The Morgan fingerprint density at radius 2 is 1.84 bits per heavy atom. The Hall–Kier alpha value is -0.850. The van der Waals surface area contributed by atoms with Gasteiger partial charge in [0.2, 0.25) is 0 Å². The van der Waals surface area contributed by atoms with Crippen LogP contribution < -0.4 is 5.32 Å². The van der Waals surface area contributed by atoms with Gasteiger partial charge in [-0.2, -0.15) is 8.78 Å². The molecule has 0 heterocycles. The fraction of sp³-hybridized carbons (Fsp3) is 0.500. The first-order valence-corrected chi connectivity index (χ1v) is 5.91. The maximum Gasteiger partial charge on any atom is 0.330 e. The molecule has 0 amide bonds. The number of ether oxygens (including phenoxy) is 1. The van der Waals surface area contributed by atoms with Gasteiger partial charge in [-0.3, -0.25) is 0 Å². The molecule has 1 unspecified atom stereocenters. The molecule has 1 aromatic rings. The molecule has 0 fully saturated rings. The van der Waals surface area contributed by atoms with Crippen molar-refractivity contribution in [1.82, 2.24) is 5.32 Å². The quantitative estimate of drug-likeness (QED) is 0.778. The second kappa shape index (κ2) is 7.07. The van der Waals surface area contributed by atoms with Gasteiger partial charge in [0.05, 0.1) is 12.6 Å². The third kappa shape index (κ3) is 4.97. The van der Waals surface area contributed by atoms with Crippen molar-refractivity contribution in [3.8, 4) is 0 Å². The maximum atomic E-state index is 12.6. The van der Waals surface area contributed by atoms with E-state index in [9.17, 15) is 17.6 Å². The zero-order valence-corrected chi connectivity index (χ0v) is 10.9. The molecule has 19 heavy (non-hydrogen) atoms. The van der Waals surface area contributed by atoms with Crippen LogP contribution in [-0.4, -0.2) is 32.6 Å². The Kier molecular flexibility index (Phi) is 6.03. The van der Waals surface area contributed by atoms with Crippen molar-refractivity contribution >= 4 is 11.6 Å². The van der Waals surface area contributed by atoms with Gasteiger partial charge in [0, 0.05) is 5.02 Å². The van der Waals surface area contributed by atoms with Gasteiger partial charge in [0.1, 0.15) is 6.61 Å². The van der Waals surface area contributed by atoms with Gasteiger partial charge in [-0.15, -0.1) is 0 Å². The predicted octanol–water partition coefficient (Wildman–Crippen LogP) is 3.52. The summed E-state index contributed by atoms with van der Waals surface area (Å²) in [6, 6.07) is 6.34. The van der Waals surface area contributed by atoms with Crippen molar-refractivity contribution in [3.05, 3.63) is 34.9 Å². The Morgan fingerprint density at radius 1 is 1.26 bits per heavy atom. The van der Waals surface area contributed by atoms with Crippen molar-refractivity contribution < 1.29 is 22.3 Å². The third-order valence-electron chi connectivity index (χ3n) is 2.52. The van der Waals surface area contributed by atoms with E-state index in [-0.39, 0.29) is 12.6 Å². The van der Waals surface area contributed by atoms with Gasteiger partial charge in [0.25, 0.3) is 0 Å². The normalized spacial score (nSPS) is 13.8. The lowest BCUT2D eigenvalue weighted by Crippen LogP contribution is -2.34. The molecule has 0 saturated carbocycles. The lowest BCUT2D eigenvalue weighted by atomic mass is 10.1. The van der Waals surface area contributed by atoms with Crippen molar-refractivity contribution in [2.24, 2.45) is 0 Å². The van der Waals surface area contributed by atoms with Crippen LogP contribution in [-0.2, 0) is 4.74 Å². The largest absolute Gasteiger partial charge is 0.373 e. The zero-order chi connectivity index (χ0) is 14.5. The van der Waals surface area contributed by atoms with Gasteiger partial charge in [-0.25, -0.2) is 8.78 Å². The van der Waals surface area contributed by atoms with Crippen molar-refractivity contribution in [3.63, 3.8) is 0 Å². The molecule has 0 aromatic heterocycles. The molecule has 7 heteroatoms. The SMILES string of the molecule is CNC(COCC(F)(F)C(F)F)c1ccc(Cl)cc1. The highest BCUT2D eigenvalue weighted by molar-refractivity contribution is 6.30. The minimum Gasteiger partial charge on any atom is -0.373 e.